The lowest BCUT2D eigenvalue weighted by Crippen LogP contribution is -2.41. The molecule has 0 aromatic heterocycles. The van der Waals surface area contributed by atoms with Crippen LogP contribution in [0, 0.1) is 5.92 Å². The van der Waals surface area contributed by atoms with Crippen LogP contribution in [0.5, 0.6) is 0 Å². The zero-order valence-electron chi connectivity index (χ0n) is 17.0. The molecule has 1 heterocycles. The lowest BCUT2D eigenvalue weighted by molar-refractivity contribution is 0.315. The Balaban J connectivity index is 1.90. The molecule has 0 bridgehead atoms. The third-order valence-corrected chi connectivity index (χ3v) is 6.23. The maximum atomic E-state index is 4.44. The van der Waals surface area contributed by atoms with Gasteiger partial charge in [0.1, 0.15) is 0 Å². The molecular weight excluding hydrogens is 352 g/mol. The van der Waals surface area contributed by atoms with Crippen LogP contribution in [0.3, 0.4) is 0 Å². The maximum absolute atomic E-state index is 4.44. The quantitative estimate of drug-likeness (QED) is 0.544. The molecule has 4 nitrogen and oxygen atoms in total. The molecule has 2 rings (SSSR count). The minimum Gasteiger partial charge on any atom is -0.387 e. The van der Waals surface area contributed by atoms with Gasteiger partial charge in [-0.25, -0.2) is 0 Å². The minimum absolute atomic E-state index is 0.213. The van der Waals surface area contributed by atoms with Crippen LogP contribution in [-0.2, 0) is 6.42 Å². The second-order valence-corrected chi connectivity index (χ2v) is 8.36. The van der Waals surface area contributed by atoms with Gasteiger partial charge in [-0.05, 0) is 38.3 Å². The molecule has 2 atom stereocenters. The summed E-state index contributed by atoms with van der Waals surface area (Å²) in [4.78, 5) is 2.48. The first-order valence-electron chi connectivity index (χ1n) is 9.95. The summed E-state index contributed by atoms with van der Waals surface area (Å²) >= 11 is 2.05. The molecule has 1 aromatic carbocycles. The van der Waals surface area contributed by atoms with Gasteiger partial charge in [0.25, 0.3) is 0 Å². The number of rotatable bonds is 11. The highest BCUT2D eigenvalue weighted by Gasteiger charge is 2.20. The molecule has 0 spiro atoms. The number of hydrogen-bond acceptors (Lipinski definition) is 5. The van der Waals surface area contributed by atoms with E-state index >= 15 is 0 Å². The van der Waals surface area contributed by atoms with Crippen LogP contribution >= 0.6 is 11.8 Å². The summed E-state index contributed by atoms with van der Waals surface area (Å²) < 4.78 is 0. The van der Waals surface area contributed by atoms with E-state index in [1.54, 1.807) is 0 Å². The van der Waals surface area contributed by atoms with Gasteiger partial charge in [-0.1, -0.05) is 43.5 Å². The zero-order valence-corrected chi connectivity index (χ0v) is 17.8. The van der Waals surface area contributed by atoms with Crippen LogP contribution < -0.4 is 16.0 Å². The van der Waals surface area contributed by atoms with Crippen molar-refractivity contribution in [2.75, 3.05) is 51.8 Å². The van der Waals surface area contributed by atoms with Crippen LogP contribution in [0.15, 0.2) is 54.9 Å². The van der Waals surface area contributed by atoms with Crippen molar-refractivity contribution in [3.63, 3.8) is 0 Å². The number of nitrogens with one attached hydrogen (secondary N) is 3. The maximum Gasteiger partial charge on any atom is 0.0501 e. The fraction of sp³-hybridized carbons (Fsp3) is 0.545. The fourth-order valence-corrected chi connectivity index (χ4v) is 4.36. The van der Waals surface area contributed by atoms with E-state index in [1.165, 1.54) is 29.2 Å². The van der Waals surface area contributed by atoms with Crippen molar-refractivity contribution < 1.29 is 0 Å². The molecule has 1 aliphatic rings. The second kappa shape index (κ2) is 12.1. The molecule has 3 N–H and O–H groups in total. The van der Waals surface area contributed by atoms with Crippen LogP contribution in [0.2, 0.25) is 0 Å². The van der Waals surface area contributed by atoms with E-state index in [9.17, 15) is 0 Å². The smallest absolute Gasteiger partial charge is 0.0501 e. The molecule has 1 fully saturated rings. The van der Waals surface area contributed by atoms with Gasteiger partial charge in [-0.3, -0.25) is 0 Å². The largest absolute Gasteiger partial charge is 0.387 e. The van der Waals surface area contributed by atoms with Gasteiger partial charge in [0, 0.05) is 49.2 Å². The monoisotopic (exact) mass is 388 g/mol. The van der Waals surface area contributed by atoms with Gasteiger partial charge in [-0.2, -0.15) is 11.8 Å². The van der Waals surface area contributed by atoms with Crippen molar-refractivity contribution in [3.05, 3.63) is 60.4 Å². The van der Waals surface area contributed by atoms with E-state index in [4.69, 9.17) is 0 Å². The Bertz CT molecular complexity index is 567. The van der Waals surface area contributed by atoms with Gasteiger partial charge < -0.3 is 20.9 Å². The normalized spacial score (nSPS) is 17.0. The van der Waals surface area contributed by atoms with Crippen molar-refractivity contribution in [2.45, 2.75) is 18.9 Å². The van der Waals surface area contributed by atoms with Crippen molar-refractivity contribution in [1.29, 1.82) is 0 Å². The van der Waals surface area contributed by atoms with E-state index in [0.29, 0.717) is 5.92 Å². The van der Waals surface area contributed by atoms with Gasteiger partial charge in [0.05, 0.1) is 6.04 Å². The van der Waals surface area contributed by atoms with E-state index in [0.717, 1.165) is 38.3 Å². The highest BCUT2D eigenvalue weighted by Crippen LogP contribution is 2.19. The third-order valence-electron chi connectivity index (χ3n) is 5.18. The number of likely N-dealkylation sites (N-methyl/N-ethyl adjacent to an activating group) is 1. The van der Waals surface area contributed by atoms with Crippen LogP contribution in [0.4, 0.5) is 0 Å². The van der Waals surface area contributed by atoms with Crippen LogP contribution in [0.25, 0.3) is 0 Å². The molecule has 150 valence electrons. The Labute approximate surface area is 169 Å². The van der Waals surface area contributed by atoms with Gasteiger partial charge in [-0.15, -0.1) is 0 Å². The predicted molar refractivity (Wildman–Crippen MR) is 120 cm³/mol. The summed E-state index contributed by atoms with van der Waals surface area (Å²) in [6.07, 6.45) is 2.18. The summed E-state index contributed by atoms with van der Waals surface area (Å²) in [6.45, 7) is 12.8. The van der Waals surface area contributed by atoms with Crippen molar-refractivity contribution in [1.82, 2.24) is 20.9 Å². The molecule has 0 aliphatic carbocycles. The van der Waals surface area contributed by atoms with Gasteiger partial charge in [0.2, 0.25) is 0 Å². The van der Waals surface area contributed by atoms with E-state index in [-0.39, 0.29) is 6.04 Å². The number of nitrogens with zero attached hydrogens (tertiary/aromatic N) is 1. The molecule has 1 saturated heterocycles. The molecule has 1 aliphatic heterocycles. The van der Waals surface area contributed by atoms with Crippen molar-refractivity contribution in [2.24, 2.45) is 5.92 Å². The SMILES string of the molecule is C=C(NCC(CNC)C(=C)N1CCCSCC1)C(Cc1ccccc1)NC. The van der Waals surface area contributed by atoms with E-state index in [2.05, 4.69) is 76.1 Å². The lowest BCUT2D eigenvalue weighted by Gasteiger charge is -2.32. The fourth-order valence-electron chi connectivity index (χ4n) is 3.47. The highest BCUT2D eigenvalue weighted by molar-refractivity contribution is 7.99. The molecule has 27 heavy (non-hydrogen) atoms. The Hall–Kier alpha value is -1.43. The average molecular weight is 389 g/mol. The number of hydrogen-bond donors (Lipinski definition) is 3. The standard InChI is InChI=1S/C22H36N4S/c1-18(22(24-4)15-20-9-6-5-7-10-20)25-17-21(16-23-3)19(2)26-11-8-13-27-14-12-26/h5-7,9-10,21-25H,1-2,8,11-17H2,3-4H3. The van der Waals surface area contributed by atoms with E-state index < -0.39 is 0 Å². The molecule has 1 aromatic rings. The Morgan fingerprint density at radius 2 is 1.89 bits per heavy atom. The van der Waals surface area contributed by atoms with Crippen LogP contribution in [-0.4, -0.2) is 62.7 Å². The highest BCUT2D eigenvalue weighted by atomic mass is 32.2. The summed E-state index contributed by atoms with van der Waals surface area (Å²) in [5.41, 5.74) is 3.61. The van der Waals surface area contributed by atoms with Crippen molar-refractivity contribution >= 4 is 11.8 Å². The van der Waals surface area contributed by atoms with Crippen molar-refractivity contribution in [3.8, 4) is 0 Å². The van der Waals surface area contributed by atoms with E-state index in [1.807, 2.05) is 14.1 Å². The number of benzene rings is 1. The van der Waals surface area contributed by atoms with Crippen LogP contribution in [0.1, 0.15) is 12.0 Å². The van der Waals surface area contributed by atoms with Gasteiger partial charge >= 0.3 is 0 Å². The Morgan fingerprint density at radius 1 is 1.11 bits per heavy atom. The predicted octanol–water partition coefficient (Wildman–Crippen LogP) is 2.71. The molecule has 0 amide bonds. The summed E-state index contributed by atoms with van der Waals surface area (Å²) in [5.74, 6) is 2.83. The topological polar surface area (TPSA) is 39.3 Å². The average Bonchev–Trinajstić information content (AvgIpc) is 2.99. The summed E-state index contributed by atoms with van der Waals surface area (Å²) in [5, 5.41) is 10.3. The Kier molecular flexibility index (Phi) is 9.81. The summed E-state index contributed by atoms with van der Waals surface area (Å²) in [6, 6.07) is 10.8. The molecular formula is C22H36N4S. The number of thioether (sulfide) groups is 1. The zero-order chi connectivity index (χ0) is 19.5. The molecule has 0 radical (unpaired) electrons. The molecule has 5 heteroatoms. The first kappa shape index (κ1) is 21.9. The lowest BCUT2D eigenvalue weighted by atomic mass is 10.0. The minimum atomic E-state index is 0.213. The Morgan fingerprint density at radius 3 is 2.59 bits per heavy atom. The first-order chi connectivity index (χ1) is 13.2. The summed E-state index contributed by atoms with van der Waals surface area (Å²) in [7, 11) is 4.01. The first-order valence-corrected chi connectivity index (χ1v) is 11.1. The second-order valence-electron chi connectivity index (χ2n) is 7.14. The molecule has 2 unspecified atom stereocenters. The molecule has 0 saturated carbocycles. The third kappa shape index (κ3) is 7.24. The van der Waals surface area contributed by atoms with Gasteiger partial charge in [0.15, 0.2) is 0 Å².